The molecule has 8 heteroatoms. The minimum absolute atomic E-state index is 0.0506. The first-order valence-electron chi connectivity index (χ1n) is 5.44. The van der Waals surface area contributed by atoms with Crippen molar-refractivity contribution in [3.05, 3.63) is 29.8 Å². The van der Waals surface area contributed by atoms with E-state index in [-0.39, 0.29) is 10.8 Å². The van der Waals surface area contributed by atoms with Crippen LogP contribution in [0.1, 0.15) is 5.56 Å². The van der Waals surface area contributed by atoms with Gasteiger partial charge in [-0.1, -0.05) is 12.1 Å². The average Bonchev–Trinajstić information content (AvgIpc) is 2.45. The number of rotatable bonds is 7. The Labute approximate surface area is 116 Å². The fourth-order valence-electron chi connectivity index (χ4n) is 1.39. The van der Waals surface area contributed by atoms with E-state index < -0.39 is 35.4 Å². The van der Waals surface area contributed by atoms with Crippen molar-refractivity contribution >= 4 is 21.6 Å². The van der Waals surface area contributed by atoms with Crippen LogP contribution in [0.15, 0.2) is 29.2 Å². The van der Waals surface area contributed by atoms with Crippen LogP contribution >= 0.6 is 11.6 Å². The maximum atomic E-state index is 12.1. The summed E-state index contributed by atoms with van der Waals surface area (Å²) in [5.41, 5.74) is -1.08. The molecule has 0 bridgehead atoms. The van der Waals surface area contributed by atoms with Gasteiger partial charge in [0, 0.05) is 5.88 Å². The van der Waals surface area contributed by atoms with Crippen molar-refractivity contribution < 1.29 is 23.7 Å². The number of hydrogen-bond acceptors (Lipinski definition) is 5. The Hall–Kier alpha value is -0.700. The number of sulfonamides is 1. The SMILES string of the molecule is O=S(=O)(NC(CO)(CO)CO)c1cccc(CCl)c1. The van der Waals surface area contributed by atoms with E-state index in [0.29, 0.717) is 5.56 Å². The molecule has 19 heavy (non-hydrogen) atoms. The normalized spacial score (nSPS) is 12.6. The molecule has 0 aliphatic heterocycles. The highest BCUT2D eigenvalue weighted by molar-refractivity contribution is 7.89. The molecule has 0 heterocycles. The molecule has 0 aliphatic rings. The molecule has 0 aromatic heterocycles. The van der Waals surface area contributed by atoms with Gasteiger partial charge in [-0.3, -0.25) is 0 Å². The van der Waals surface area contributed by atoms with Gasteiger partial charge < -0.3 is 15.3 Å². The third-order valence-corrected chi connectivity index (χ3v) is 4.51. The Kier molecular flexibility index (Phi) is 5.72. The zero-order valence-electron chi connectivity index (χ0n) is 10.1. The highest BCUT2D eigenvalue weighted by Crippen LogP contribution is 2.16. The van der Waals surface area contributed by atoms with Gasteiger partial charge in [-0.05, 0) is 17.7 Å². The lowest BCUT2D eigenvalue weighted by atomic mass is 10.1. The van der Waals surface area contributed by atoms with Crippen LogP contribution in [0.4, 0.5) is 0 Å². The summed E-state index contributed by atoms with van der Waals surface area (Å²) < 4.78 is 26.3. The predicted octanol–water partition coefficient (Wildman–Crippen LogP) is -0.581. The van der Waals surface area contributed by atoms with Crippen LogP contribution in [-0.4, -0.2) is 49.1 Å². The van der Waals surface area contributed by atoms with E-state index in [1.54, 1.807) is 6.07 Å². The second-order valence-corrected chi connectivity index (χ2v) is 6.09. The van der Waals surface area contributed by atoms with Crippen molar-refractivity contribution in [2.24, 2.45) is 0 Å². The Morgan fingerprint density at radius 1 is 1.16 bits per heavy atom. The maximum Gasteiger partial charge on any atom is 0.241 e. The van der Waals surface area contributed by atoms with E-state index in [1.165, 1.54) is 18.2 Å². The van der Waals surface area contributed by atoms with Gasteiger partial charge in [0.25, 0.3) is 0 Å². The van der Waals surface area contributed by atoms with Crippen LogP contribution in [0.3, 0.4) is 0 Å². The zero-order chi connectivity index (χ0) is 14.5. The fourth-order valence-corrected chi connectivity index (χ4v) is 3.00. The van der Waals surface area contributed by atoms with Crippen LogP contribution in [0.2, 0.25) is 0 Å². The lowest BCUT2D eigenvalue weighted by Crippen LogP contribution is -2.56. The van der Waals surface area contributed by atoms with E-state index in [0.717, 1.165) is 0 Å². The highest BCUT2D eigenvalue weighted by Gasteiger charge is 2.33. The van der Waals surface area contributed by atoms with Crippen molar-refractivity contribution in [1.82, 2.24) is 4.72 Å². The number of nitrogens with one attached hydrogen (secondary N) is 1. The monoisotopic (exact) mass is 309 g/mol. The average molecular weight is 310 g/mol. The van der Waals surface area contributed by atoms with Crippen molar-refractivity contribution in [3.8, 4) is 0 Å². The summed E-state index contributed by atoms with van der Waals surface area (Å²) in [5.74, 6) is 0.161. The summed E-state index contributed by atoms with van der Waals surface area (Å²) in [7, 11) is -3.98. The van der Waals surface area contributed by atoms with Gasteiger partial charge in [-0.2, -0.15) is 4.72 Å². The first kappa shape index (κ1) is 16.4. The van der Waals surface area contributed by atoms with Gasteiger partial charge in [0.05, 0.1) is 24.7 Å². The molecule has 0 atom stereocenters. The summed E-state index contributed by atoms with van der Waals surface area (Å²) >= 11 is 5.63. The van der Waals surface area contributed by atoms with E-state index in [4.69, 9.17) is 26.9 Å². The minimum Gasteiger partial charge on any atom is -0.394 e. The summed E-state index contributed by atoms with van der Waals surface area (Å²) in [4.78, 5) is -0.0506. The molecule has 108 valence electrons. The molecule has 0 amide bonds. The van der Waals surface area contributed by atoms with Gasteiger partial charge in [0.1, 0.15) is 5.54 Å². The molecule has 4 N–H and O–H groups in total. The summed E-state index contributed by atoms with van der Waals surface area (Å²) in [5, 5.41) is 27.4. The molecule has 1 aromatic rings. The van der Waals surface area contributed by atoms with Crippen LogP contribution < -0.4 is 4.72 Å². The lowest BCUT2D eigenvalue weighted by molar-refractivity contribution is 0.0582. The smallest absolute Gasteiger partial charge is 0.241 e. The third-order valence-electron chi connectivity index (χ3n) is 2.62. The number of aliphatic hydroxyl groups excluding tert-OH is 3. The Balaban J connectivity index is 3.10. The number of benzene rings is 1. The number of halogens is 1. The first-order valence-corrected chi connectivity index (χ1v) is 7.46. The number of alkyl halides is 1. The standard InChI is InChI=1S/C11H16ClNO5S/c12-5-9-2-1-3-10(4-9)19(17,18)13-11(6-14,7-15)8-16/h1-4,13-16H,5-8H2. The lowest BCUT2D eigenvalue weighted by Gasteiger charge is -2.28. The van der Waals surface area contributed by atoms with Gasteiger partial charge in [0.2, 0.25) is 10.0 Å². The van der Waals surface area contributed by atoms with E-state index in [2.05, 4.69) is 4.72 Å². The highest BCUT2D eigenvalue weighted by atomic mass is 35.5. The number of aliphatic hydroxyl groups is 3. The molecule has 6 nitrogen and oxygen atoms in total. The molecule has 0 spiro atoms. The zero-order valence-corrected chi connectivity index (χ0v) is 11.7. The van der Waals surface area contributed by atoms with Crippen LogP contribution in [0.25, 0.3) is 0 Å². The maximum absolute atomic E-state index is 12.1. The topological polar surface area (TPSA) is 107 Å². The number of hydrogen-bond donors (Lipinski definition) is 4. The van der Waals surface area contributed by atoms with Gasteiger partial charge in [-0.15, -0.1) is 11.6 Å². The molecule has 0 fully saturated rings. The Morgan fingerprint density at radius 3 is 2.21 bits per heavy atom. The fraction of sp³-hybridized carbons (Fsp3) is 0.455. The van der Waals surface area contributed by atoms with Crippen LogP contribution in [-0.2, 0) is 15.9 Å². The molecule has 0 saturated heterocycles. The molecular weight excluding hydrogens is 294 g/mol. The van der Waals surface area contributed by atoms with Crippen molar-refractivity contribution in [1.29, 1.82) is 0 Å². The summed E-state index contributed by atoms with van der Waals surface area (Å²) in [6.07, 6.45) is 0. The Bertz CT molecular complexity index is 507. The predicted molar refractivity (Wildman–Crippen MR) is 70.3 cm³/mol. The second kappa shape index (κ2) is 6.65. The first-order chi connectivity index (χ1) is 8.93. The Morgan fingerprint density at radius 2 is 1.74 bits per heavy atom. The van der Waals surface area contributed by atoms with Crippen molar-refractivity contribution in [2.45, 2.75) is 16.3 Å². The molecule has 0 radical (unpaired) electrons. The largest absolute Gasteiger partial charge is 0.394 e. The molecular formula is C11H16ClNO5S. The molecule has 0 unspecified atom stereocenters. The van der Waals surface area contributed by atoms with Crippen LogP contribution in [0.5, 0.6) is 0 Å². The molecule has 0 saturated carbocycles. The van der Waals surface area contributed by atoms with Gasteiger partial charge in [-0.25, -0.2) is 8.42 Å². The van der Waals surface area contributed by atoms with E-state index in [1.807, 2.05) is 0 Å². The van der Waals surface area contributed by atoms with Gasteiger partial charge >= 0.3 is 0 Å². The van der Waals surface area contributed by atoms with Crippen LogP contribution in [0, 0.1) is 0 Å². The molecule has 1 aromatic carbocycles. The van der Waals surface area contributed by atoms with E-state index >= 15 is 0 Å². The molecule has 1 rings (SSSR count). The second-order valence-electron chi connectivity index (χ2n) is 4.14. The molecule has 0 aliphatic carbocycles. The van der Waals surface area contributed by atoms with Crippen molar-refractivity contribution in [2.75, 3.05) is 19.8 Å². The summed E-state index contributed by atoms with van der Waals surface area (Å²) in [6, 6.07) is 5.94. The van der Waals surface area contributed by atoms with Gasteiger partial charge in [0.15, 0.2) is 0 Å². The minimum atomic E-state index is -3.98. The third kappa shape index (κ3) is 3.88. The summed E-state index contributed by atoms with van der Waals surface area (Å²) in [6.45, 7) is -2.18. The van der Waals surface area contributed by atoms with E-state index in [9.17, 15) is 8.42 Å². The quantitative estimate of drug-likeness (QED) is 0.504. The van der Waals surface area contributed by atoms with Crippen molar-refractivity contribution in [3.63, 3.8) is 0 Å².